The number of ether oxygens (including phenoxy) is 2. The Morgan fingerprint density at radius 2 is 1.68 bits per heavy atom. The number of anilines is 1. The molecule has 0 aromatic heterocycles. The first-order chi connectivity index (χ1) is 19.5. The second-order valence-corrected chi connectivity index (χ2v) is 12.8. The van der Waals surface area contributed by atoms with Crippen molar-refractivity contribution in [2.75, 3.05) is 23.9 Å². The van der Waals surface area contributed by atoms with Gasteiger partial charge in [0.25, 0.3) is 0 Å². The molecular weight excluding hydrogens is 610 g/mol. The van der Waals surface area contributed by atoms with Gasteiger partial charge in [-0.25, -0.2) is 8.42 Å². The zero-order valence-electron chi connectivity index (χ0n) is 23.2. The zero-order chi connectivity index (χ0) is 29.6. The number of benzene rings is 3. The van der Waals surface area contributed by atoms with Crippen molar-refractivity contribution >= 4 is 43.5 Å². The summed E-state index contributed by atoms with van der Waals surface area (Å²) in [6.45, 7) is 3.50. The fourth-order valence-electron chi connectivity index (χ4n) is 4.48. The standard InChI is InChI=1S/C30H34BrN3O6S/c1-4-21(2)32-30(36)26(16-22-9-6-5-7-10-22)33(18-23-11-8-12-24(31)15-23)29(35)19-34(41(3,37)38)25-13-14-27-28(17-25)40-20-39-27/h5-15,17,21,26H,4,16,18-20H2,1-3H3,(H,32,36)/t21-,26+/m0/s1. The molecule has 218 valence electrons. The summed E-state index contributed by atoms with van der Waals surface area (Å²) in [5.41, 5.74) is 1.92. The summed E-state index contributed by atoms with van der Waals surface area (Å²) in [5.74, 6) is 0.0627. The SMILES string of the molecule is CC[C@H](C)NC(=O)[C@@H](Cc1ccccc1)N(Cc1cccc(Br)c1)C(=O)CN(c1ccc2c(c1)OCO2)S(C)(=O)=O. The number of hydrogen-bond acceptors (Lipinski definition) is 6. The highest BCUT2D eigenvalue weighted by molar-refractivity contribution is 9.10. The molecule has 3 aromatic rings. The lowest BCUT2D eigenvalue weighted by Gasteiger charge is -2.34. The number of hydrogen-bond donors (Lipinski definition) is 1. The van der Waals surface area contributed by atoms with Crippen LogP contribution in [0.1, 0.15) is 31.4 Å². The largest absolute Gasteiger partial charge is 0.454 e. The molecule has 0 aliphatic carbocycles. The minimum atomic E-state index is -3.89. The Labute approximate surface area is 249 Å². The van der Waals surface area contributed by atoms with E-state index in [-0.39, 0.29) is 37.4 Å². The third-order valence-corrected chi connectivity index (χ3v) is 8.47. The minimum Gasteiger partial charge on any atom is -0.454 e. The van der Waals surface area contributed by atoms with E-state index in [0.29, 0.717) is 11.5 Å². The molecule has 0 saturated heterocycles. The molecule has 0 saturated carbocycles. The van der Waals surface area contributed by atoms with Crippen molar-refractivity contribution < 1.29 is 27.5 Å². The Morgan fingerprint density at radius 3 is 2.37 bits per heavy atom. The predicted molar refractivity (Wildman–Crippen MR) is 161 cm³/mol. The monoisotopic (exact) mass is 643 g/mol. The Morgan fingerprint density at radius 1 is 0.976 bits per heavy atom. The maximum Gasteiger partial charge on any atom is 0.244 e. The average Bonchev–Trinajstić information content (AvgIpc) is 3.41. The average molecular weight is 645 g/mol. The molecule has 4 rings (SSSR count). The molecule has 0 fully saturated rings. The van der Waals surface area contributed by atoms with Crippen molar-refractivity contribution in [1.82, 2.24) is 10.2 Å². The van der Waals surface area contributed by atoms with E-state index in [2.05, 4.69) is 21.2 Å². The lowest BCUT2D eigenvalue weighted by Crippen LogP contribution is -2.54. The van der Waals surface area contributed by atoms with Gasteiger partial charge in [-0.2, -0.15) is 0 Å². The highest BCUT2D eigenvalue weighted by Crippen LogP contribution is 2.36. The van der Waals surface area contributed by atoms with Crippen molar-refractivity contribution in [1.29, 1.82) is 0 Å². The van der Waals surface area contributed by atoms with Crippen LogP contribution in [-0.2, 0) is 32.6 Å². The van der Waals surface area contributed by atoms with Gasteiger partial charge in [0.15, 0.2) is 11.5 Å². The third kappa shape index (κ3) is 8.01. The second kappa shape index (κ2) is 13.4. The number of amides is 2. The maximum absolute atomic E-state index is 14.2. The Balaban J connectivity index is 1.73. The fraction of sp³-hybridized carbons (Fsp3) is 0.333. The van der Waals surface area contributed by atoms with Crippen LogP contribution in [0.3, 0.4) is 0 Å². The van der Waals surface area contributed by atoms with Crippen LogP contribution in [0.15, 0.2) is 77.3 Å². The van der Waals surface area contributed by atoms with Gasteiger partial charge in [-0.15, -0.1) is 0 Å². The van der Waals surface area contributed by atoms with Crippen molar-refractivity contribution in [3.63, 3.8) is 0 Å². The second-order valence-electron chi connectivity index (χ2n) is 9.98. The summed E-state index contributed by atoms with van der Waals surface area (Å²) in [6, 6.07) is 20.6. The molecule has 0 radical (unpaired) electrons. The van der Waals surface area contributed by atoms with Gasteiger partial charge in [0, 0.05) is 29.5 Å². The molecule has 1 aliphatic rings. The van der Waals surface area contributed by atoms with Crippen LogP contribution in [-0.4, -0.2) is 56.8 Å². The normalized spacial score (nSPS) is 13.8. The van der Waals surface area contributed by atoms with E-state index in [1.54, 1.807) is 12.1 Å². The van der Waals surface area contributed by atoms with Crippen LogP contribution in [0.2, 0.25) is 0 Å². The topological polar surface area (TPSA) is 105 Å². The highest BCUT2D eigenvalue weighted by atomic mass is 79.9. The first kappa shape index (κ1) is 30.4. The van der Waals surface area contributed by atoms with E-state index in [1.165, 1.54) is 11.0 Å². The number of nitrogens with one attached hydrogen (secondary N) is 1. The van der Waals surface area contributed by atoms with E-state index in [9.17, 15) is 18.0 Å². The van der Waals surface area contributed by atoms with Crippen LogP contribution >= 0.6 is 15.9 Å². The third-order valence-electron chi connectivity index (χ3n) is 6.84. The number of nitrogens with zero attached hydrogens (tertiary/aromatic N) is 2. The smallest absolute Gasteiger partial charge is 0.244 e. The summed E-state index contributed by atoms with van der Waals surface area (Å²) < 4.78 is 38.6. The van der Waals surface area contributed by atoms with E-state index >= 15 is 0 Å². The number of rotatable bonds is 12. The zero-order valence-corrected chi connectivity index (χ0v) is 25.7. The van der Waals surface area contributed by atoms with Crippen LogP contribution in [0.5, 0.6) is 11.5 Å². The molecule has 0 bridgehead atoms. The van der Waals surface area contributed by atoms with Gasteiger partial charge in [-0.1, -0.05) is 65.3 Å². The summed E-state index contributed by atoms with van der Waals surface area (Å²) in [5, 5.41) is 3.02. The Bertz CT molecular complexity index is 1480. The molecule has 1 aliphatic heterocycles. The fourth-order valence-corrected chi connectivity index (χ4v) is 5.77. The Kier molecular flexibility index (Phi) is 9.93. The van der Waals surface area contributed by atoms with Crippen LogP contribution in [0.4, 0.5) is 5.69 Å². The number of carbonyl (C=O) groups is 2. The Hall–Kier alpha value is -3.57. The number of fused-ring (bicyclic) bond motifs is 1. The van der Waals surface area contributed by atoms with Crippen molar-refractivity contribution in [3.05, 3.63) is 88.4 Å². The van der Waals surface area contributed by atoms with Crippen LogP contribution < -0.4 is 19.1 Å². The maximum atomic E-state index is 14.2. The molecular formula is C30H34BrN3O6S. The van der Waals surface area contributed by atoms with Gasteiger partial charge in [0.1, 0.15) is 12.6 Å². The lowest BCUT2D eigenvalue weighted by atomic mass is 10.0. The highest BCUT2D eigenvalue weighted by Gasteiger charge is 2.34. The van der Waals surface area contributed by atoms with Crippen molar-refractivity contribution in [2.24, 2.45) is 0 Å². The molecule has 9 nitrogen and oxygen atoms in total. The van der Waals surface area contributed by atoms with Gasteiger partial charge in [0.2, 0.25) is 28.6 Å². The van der Waals surface area contributed by atoms with E-state index in [0.717, 1.165) is 32.6 Å². The molecule has 2 amide bonds. The predicted octanol–water partition coefficient (Wildman–Crippen LogP) is 4.50. The molecule has 11 heteroatoms. The molecule has 1 heterocycles. The summed E-state index contributed by atoms with van der Waals surface area (Å²) in [4.78, 5) is 29.4. The van der Waals surface area contributed by atoms with Gasteiger partial charge >= 0.3 is 0 Å². The number of carbonyl (C=O) groups excluding carboxylic acids is 2. The first-order valence-electron chi connectivity index (χ1n) is 13.3. The molecule has 41 heavy (non-hydrogen) atoms. The van der Waals surface area contributed by atoms with Crippen molar-refractivity contribution in [2.45, 2.75) is 45.3 Å². The van der Waals surface area contributed by atoms with Gasteiger partial charge in [-0.05, 0) is 48.7 Å². The molecule has 1 N–H and O–H groups in total. The minimum absolute atomic E-state index is 0.0312. The van der Waals surface area contributed by atoms with E-state index in [4.69, 9.17) is 9.47 Å². The van der Waals surface area contributed by atoms with Gasteiger partial charge < -0.3 is 19.7 Å². The van der Waals surface area contributed by atoms with Crippen molar-refractivity contribution in [3.8, 4) is 11.5 Å². The van der Waals surface area contributed by atoms with E-state index in [1.807, 2.05) is 68.4 Å². The van der Waals surface area contributed by atoms with E-state index < -0.39 is 28.5 Å². The summed E-state index contributed by atoms with van der Waals surface area (Å²) >= 11 is 3.48. The molecule has 0 unspecified atom stereocenters. The summed E-state index contributed by atoms with van der Waals surface area (Å²) in [7, 11) is -3.89. The van der Waals surface area contributed by atoms with Crippen LogP contribution in [0, 0.1) is 0 Å². The quantitative estimate of drug-likeness (QED) is 0.312. The number of sulfonamides is 1. The molecule has 3 aromatic carbocycles. The molecule has 2 atom stereocenters. The summed E-state index contributed by atoms with van der Waals surface area (Å²) in [6.07, 6.45) is 2.02. The number of halogens is 1. The van der Waals surface area contributed by atoms with Gasteiger partial charge in [0.05, 0.1) is 11.9 Å². The van der Waals surface area contributed by atoms with Crippen LogP contribution in [0.25, 0.3) is 0 Å². The molecule has 0 spiro atoms. The first-order valence-corrected chi connectivity index (χ1v) is 15.9. The van der Waals surface area contributed by atoms with Gasteiger partial charge in [-0.3, -0.25) is 13.9 Å². The lowest BCUT2D eigenvalue weighted by molar-refractivity contribution is -0.140.